The Morgan fingerprint density at radius 1 is 1.12 bits per heavy atom. The van der Waals surface area contributed by atoms with E-state index in [2.05, 4.69) is 32.6 Å². The van der Waals surface area contributed by atoms with Crippen molar-refractivity contribution < 1.29 is 31.5 Å². The standard InChI is InChI=1S/C35H42ClF2N7O5S/c1-32(2,3)19-35(24-12-9-22(10-13-24)15-16-33(4,5)51(8,48)49)29(46)45(30(39)42-35)27(18-50-31(47)43-34(6,7)28(37)38)23-11-14-25(36)26(17-23)44-21-40-20-41-44/h9-14,17,20-21,27-28H,18-19H2,1-8H3,(H2,39,42)(H,43,47)/t27-,35-/m1/s1. The zero-order chi connectivity index (χ0) is 38.2. The number of halogens is 3. The van der Waals surface area contributed by atoms with Crippen LogP contribution in [0.4, 0.5) is 13.6 Å². The topological polar surface area (TPSA) is 159 Å². The van der Waals surface area contributed by atoms with Crippen molar-refractivity contribution in [1.82, 2.24) is 30.3 Å². The zero-order valence-electron chi connectivity index (χ0n) is 29.6. The normalized spacial score (nSPS) is 17.5. The van der Waals surface area contributed by atoms with Gasteiger partial charge in [-0.25, -0.2) is 31.7 Å². The van der Waals surface area contributed by atoms with Gasteiger partial charge in [0.2, 0.25) is 0 Å². The molecule has 2 amide bonds. The number of sulfone groups is 1. The van der Waals surface area contributed by atoms with Crippen molar-refractivity contribution in [3.05, 3.63) is 76.8 Å². The Hall–Kier alpha value is -4.55. The Bertz CT molecular complexity index is 1970. The predicted octanol–water partition coefficient (Wildman–Crippen LogP) is 5.60. The minimum atomic E-state index is -3.46. The number of ether oxygens (including phenoxy) is 1. The quantitative estimate of drug-likeness (QED) is 0.226. The number of rotatable bonds is 10. The van der Waals surface area contributed by atoms with E-state index < -0.39 is 62.2 Å². The van der Waals surface area contributed by atoms with E-state index in [0.29, 0.717) is 27.4 Å². The maximum Gasteiger partial charge on any atom is 0.407 e. The van der Waals surface area contributed by atoms with Crippen LogP contribution >= 0.6 is 11.6 Å². The molecular formula is C35H42ClF2N7O5S. The highest BCUT2D eigenvalue weighted by atomic mass is 35.5. The maximum atomic E-state index is 14.8. The van der Waals surface area contributed by atoms with Gasteiger partial charge in [0, 0.05) is 11.8 Å². The number of alkyl carbamates (subject to hydrolysis) is 1. The van der Waals surface area contributed by atoms with Gasteiger partial charge in [-0.05, 0) is 74.9 Å². The van der Waals surface area contributed by atoms with Gasteiger partial charge in [0.25, 0.3) is 12.3 Å². The van der Waals surface area contributed by atoms with Crippen LogP contribution in [0.3, 0.4) is 0 Å². The number of carbonyl (C=O) groups excluding carboxylic acids is 2. The molecule has 0 unspecified atom stereocenters. The first-order valence-corrected chi connectivity index (χ1v) is 18.2. The van der Waals surface area contributed by atoms with Gasteiger partial charge in [-0.2, -0.15) is 5.10 Å². The van der Waals surface area contributed by atoms with E-state index in [1.807, 2.05) is 20.8 Å². The van der Waals surface area contributed by atoms with Gasteiger partial charge in [-0.3, -0.25) is 15.1 Å². The molecule has 0 spiro atoms. The highest BCUT2D eigenvalue weighted by Crippen LogP contribution is 2.42. The first-order chi connectivity index (χ1) is 23.5. The molecule has 2 heterocycles. The summed E-state index contributed by atoms with van der Waals surface area (Å²) in [6.07, 6.45) is 0.0525. The number of benzene rings is 2. The molecule has 16 heteroatoms. The third-order valence-electron chi connectivity index (χ3n) is 8.44. The number of amides is 2. The van der Waals surface area contributed by atoms with Gasteiger partial charge >= 0.3 is 6.09 Å². The predicted molar refractivity (Wildman–Crippen MR) is 189 cm³/mol. The molecule has 2 atom stereocenters. The van der Waals surface area contributed by atoms with E-state index in [0.717, 1.165) is 20.1 Å². The molecule has 1 aliphatic heterocycles. The Balaban J connectivity index is 1.79. The summed E-state index contributed by atoms with van der Waals surface area (Å²) in [5, 5.41) is 18.8. The van der Waals surface area contributed by atoms with Gasteiger partial charge in [0.15, 0.2) is 15.8 Å². The molecule has 1 aliphatic rings. The second-order valence-electron chi connectivity index (χ2n) is 14.7. The molecule has 0 bridgehead atoms. The molecule has 51 heavy (non-hydrogen) atoms. The average Bonchev–Trinajstić information content (AvgIpc) is 3.63. The molecule has 0 saturated carbocycles. The Labute approximate surface area is 301 Å². The second-order valence-corrected chi connectivity index (χ2v) is 17.7. The minimum Gasteiger partial charge on any atom is -0.447 e. The van der Waals surface area contributed by atoms with Crippen LogP contribution in [0.25, 0.3) is 5.69 Å². The van der Waals surface area contributed by atoms with Crippen LogP contribution in [0.15, 0.2) is 55.1 Å². The largest absolute Gasteiger partial charge is 0.447 e. The van der Waals surface area contributed by atoms with Crippen LogP contribution in [0.1, 0.15) is 77.6 Å². The van der Waals surface area contributed by atoms with E-state index in [-0.39, 0.29) is 12.4 Å². The van der Waals surface area contributed by atoms with Crippen LogP contribution in [0.5, 0.6) is 0 Å². The molecule has 1 saturated heterocycles. The smallest absolute Gasteiger partial charge is 0.407 e. The van der Waals surface area contributed by atoms with Crippen molar-refractivity contribution in [3.8, 4) is 17.5 Å². The lowest BCUT2D eigenvalue weighted by atomic mass is 9.75. The third kappa shape index (κ3) is 8.68. The second kappa shape index (κ2) is 14.2. The Kier molecular flexibility index (Phi) is 10.9. The van der Waals surface area contributed by atoms with Crippen molar-refractivity contribution in [3.63, 3.8) is 0 Å². The lowest BCUT2D eigenvalue weighted by molar-refractivity contribution is -0.134. The molecule has 3 N–H and O–H groups in total. The number of carbonyl (C=O) groups is 2. The summed E-state index contributed by atoms with van der Waals surface area (Å²) < 4.78 is 57.0. The maximum absolute atomic E-state index is 14.8. The Morgan fingerprint density at radius 3 is 2.31 bits per heavy atom. The van der Waals surface area contributed by atoms with Crippen LogP contribution in [0.2, 0.25) is 5.02 Å². The average molecular weight is 746 g/mol. The lowest BCUT2D eigenvalue weighted by Gasteiger charge is -2.35. The van der Waals surface area contributed by atoms with Gasteiger partial charge in [0.05, 0.1) is 22.3 Å². The number of nitrogens with one attached hydrogen (secondary N) is 3. The van der Waals surface area contributed by atoms with Gasteiger partial charge in [-0.1, -0.05) is 62.4 Å². The monoisotopic (exact) mass is 745 g/mol. The van der Waals surface area contributed by atoms with E-state index in [4.69, 9.17) is 21.7 Å². The van der Waals surface area contributed by atoms with E-state index >= 15 is 0 Å². The Morgan fingerprint density at radius 2 is 1.76 bits per heavy atom. The third-order valence-corrected chi connectivity index (χ3v) is 10.7. The van der Waals surface area contributed by atoms with Crippen LogP contribution in [0, 0.1) is 22.7 Å². The van der Waals surface area contributed by atoms with E-state index in [9.17, 15) is 26.8 Å². The molecule has 12 nitrogen and oxygen atoms in total. The van der Waals surface area contributed by atoms with Crippen LogP contribution in [-0.2, 0) is 24.9 Å². The molecule has 0 radical (unpaired) electrons. The van der Waals surface area contributed by atoms with Gasteiger partial charge in [-0.15, -0.1) is 0 Å². The fourth-order valence-electron chi connectivity index (χ4n) is 5.36. The van der Waals surface area contributed by atoms with E-state index in [1.165, 1.54) is 36.1 Å². The number of guanidine groups is 1. The summed E-state index contributed by atoms with van der Waals surface area (Å²) in [7, 11) is -3.46. The fourth-order valence-corrected chi connectivity index (χ4v) is 5.80. The van der Waals surface area contributed by atoms with Crippen LogP contribution < -0.4 is 10.6 Å². The highest BCUT2D eigenvalue weighted by molar-refractivity contribution is 7.92. The molecule has 2 aromatic carbocycles. The molecular weight excluding hydrogens is 704 g/mol. The number of aromatic nitrogens is 3. The highest BCUT2D eigenvalue weighted by Gasteiger charge is 2.54. The summed E-state index contributed by atoms with van der Waals surface area (Å²) in [4.78, 5) is 32.8. The molecule has 4 rings (SSSR count). The van der Waals surface area contributed by atoms with Crippen molar-refractivity contribution in [1.29, 1.82) is 5.41 Å². The first-order valence-electron chi connectivity index (χ1n) is 15.9. The molecule has 1 aromatic heterocycles. The number of alkyl halides is 2. The first kappa shape index (κ1) is 39.2. The molecule has 3 aromatic rings. The zero-order valence-corrected chi connectivity index (χ0v) is 31.2. The minimum absolute atomic E-state index is 0.227. The molecule has 0 aliphatic carbocycles. The summed E-state index contributed by atoms with van der Waals surface area (Å²) in [5.74, 6) is 4.88. The SMILES string of the molecule is CC(C)(C)C[C@]1(c2ccc(C#CC(C)(C)S(C)(=O)=O)cc2)NC(=N)N([C@H](COC(=O)NC(C)(C)C(F)F)c2ccc(Cl)c(-n3cncn3)c2)C1=O. The van der Waals surface area contributed by atoms with Gasteiger partial charge < -0.3 is 15.4 Å². The summed E-state index contributed by atoms with van der Waals surface area (Å²) in [6, 6.07) is 10.4. The van der Waals surface area contributed by atoms with Crippen molar-refractivity contribution in [2.75, 3.05) is 12.9 Å². The van der Waals surface area contributed by atoms with Crippen molar-refractivity contribution >= 4 is 39.4 Å². The molecule has 1 fully saturated rings. The van der Waals surface area contributed by atoms with Crippen LogP contribution in [-0.4, -0.2) is 75.6 Å². The van der Waals surface area contributed by atoms with Gasteiger partial charge in [0.1, 0.15) is 29.5 Å². The number of nitrogens with zero attached hydrogens (tertiary/aromatic N) is 4. The number of hydrogen-bond donors (Lipinski definition) is 3. The number of hydrogen-bond acceptors (Lipinski definition) is 8. The van der Waals surface area contributed by atoms with Crippen molar-refractivity contribution in [2.24, 2.45) is 5.41 Å². The summed E-state index contributed by atoms with van der Waals surface area (Å²) in [5.41, 5.74) is -2.00. The lowest BCUT2D eigenvalue weighted by Crippen LogP contribution is -2.50. The summed E-state index contributed by atoms with van der Waals surface area (Å²) >= 11 is 6.49. The molecule has 274 valence electrons. The van der Waals surface area contributed by atoms with Crippen molar-refractivity contribution in [2.45, 2.75) is 83.2 Å². The van der Waals surface area contributed by atoms with E-state index in [1.54, 1.807) is 42.5 Å². The fraction of sp³-hybridized carbons (Fsp3) is 0.457. The summed E-state index contributed by atoms with van der Waals surface area (Å²) in [6.45, 7) is 10.6.